The highest BCUT2D eigenvalue weighted by atomic mass is 19.4. The molecule has 216 valence electrons. The number of alkyl halides is 3. The molecule has 40 heavy (non-hydrogen) atoms. The number of rotatable bonds is 13. The maximum atomic E-state index is 13.7. The topological polar surface area (TPSA) is 116 Å². The van der Waals surface area contributed by atoms with E-state index in [1.807, 2.05) is 4.90 Å². The third-order valence-electron chi connectivity index (χ3n) is 5.86. The van der Waals surface area contributed by atoms with Crippen molar-refractivity contribution in [1.29, 1.82) is 0 Å². The highest BCUT2D eigenvalue weighted by Crippen LogP contribution is 2.36. The maximum Gasteiger partial charge on any atom is 0.421 e. The van der Waals surface area contributed by atoms with Crippen LogP contribution in [0, 0.1) is 5.41 Å². The molecule has 0 spiro atoms. The van der Waals surface area contributed by atoms with Gasteiger partial charge in [-0.3, -0.25) is 4.79 Å². The molecule has 0 fully saturated rings. The van der Waals surface area contributed by atoms with Crippen molar-refractivity contribution in [3.63, 3.8) is 0 Å². The van der Waals surface area contributed by atoms with Crippen LogP contribution >= 0.6 is 0 Å². The zero-order chi connectivity index (χ0) is 29.3. The second-order valence-electron chi connectivity index (χ2n) is 10.1. The molecule has 0 aliphatic carbocycles. The van der Waals surface area contributed by atoms with Crippen LogP contribution in [0.2, 0.25) is 0 Å². The summed E-state index contributed by atoms with van der Waals surface area (Å²) in [5.41, 5.74) is 0.593. The average molecular weight is 561 g/mol. The van der Waals surface area contributed by atoms with Gasteiger partial charge < -0.3 is 30.9 Å². The summed E-state index contributed by atoms with van der Waals surface area (Å²) in [5.74, 6) is 0.353. The van der Waals surface area contributed by atoms with Crippen LogP contribution < -0.4 is 30.9 Å². The Bertz CT molecular complexity index is 1280. The Labute approximate surface area is 231 Å². The van der Waals surface area contributed by atoms with Gasteiger partial charge in [-0.05, 0) is 42.2 Å². The molecule has 0 bridgehead atoms. The smallest absolute Gasteiger partial charge is 0.421 e. The fraction of sp³-hybridized carbons (Fsp3) is 0.407. The number of anilines is 6. The first kappa shape index (κ1) is 30.3. The summed E-state index contributed by atoms with van der Waals surface area (Å²) in [7, 11) is 3.16. The minimum Gasteiger partial charge on any atom is -0.479 e. The number of halogens is 3. The second-order valence-corrected chi connectivity index (χ2v) is 10.1. The molecule has 0 saturated heterocycles. The van der Waals surface area contributed by atoms with Crippen LogP contribution in [0.1, 0.15) is 32.8 Å². The number of aromatic nitrogens is 3. The standard InChI is InChI=1S/C27H35F3N8O2/c1-26(2,3)11-13-38(14-12-32-17-39)22-10-9-21(24(36-22)40-5)35-25-33-16-20(27(28,29)30)23(37-25)34-19-8-6-7-18(15-19)31-4/h6-10,15-17,31H,11-14H2,1-5H3,(H,32,39)(H2,33,34,35,37). The number of hydrogen-bond acceptors (Lipinski definition) is 9. The predicted octanol–water partition coefficient (Wildman–Crippen LogP) is 5.42. The monoisotopic (exact) mass is 560 g/mol. The Kier molecular flexibility index (Phi) is 9.97. The number of pyridine rings is 1. The molecule has 0 aliphatic rings. The largest absolute Gasteiger partial charge is 0.479 e. The fourth-order valence-electron chi connectivity index (χ4n) is 3.68. The quantitative estimate of drug-likeness (QED) is 0.161. The normalized spacial score (nSPS) is 11.5. The third kappa shape index (κ3) is 8.61. The minimum atomic E-state index is -4.67. The van der Waals surface area contributed by atoms with Gasteiger partial charge >= 0.3 is 6.18 Å². The summed E-state index contributed by atoms with van der Waals surface area (Å²) < 4.78 is 46.7. The van der Waals surface area contributed by atoms with Gasteiger partial charge in [0.25, 0.3) is 0 Å². The summed E-state index contributed by atoms with van der Waals surface area (Å²) in [6.45, 7) is 8.08. The van der Waals surface area contributed by atoms with Crippen LogP contribution in [-0.2, 0) is 11.0 Å². The number of nitrogens with zero attached hydrogens (tertiary/aromatic N) is 4. The molecule has 0 aliphatic heterocycles. The third-order valence-corrected chi connectivity index (χ3v) is 5.86. The van der Waals surface area contributed by atoms with Crippen molar-refractivity contribution >= 4 is 41.1 Å². The number of carbonyl (C=O) groups excluding carboxylic acids is 1. The van der Waals surface area contributed by atoms with Gasteiger partial charge in [-0.15, -0.1) is 0 Å². The van der Waals surface area contributed by atoms with E-state index in [1.54, 1.807) is 43.4 Å². The molecule has 0 saturated carbocycles. The van der Waals surface area contributed by atoms with Gasteiger partial charge in [0.1, 0.15) is 22.9 Å². The van der Waals surface area contributed by atoms with Crippen molar-refractivity contribution in [1.82, 2.24) is 20.3 Å². The Morgan fingerprint density at radius 2 is 1.77 bits per heavy atom. The number of methoxy groups -OCH3 is 1. The molecule has 0 radical (unpaired) electrons. The molecule has 0 unspecified atom stereocenters. The summed E-state index contributed by atoms with van der Waals surface area (Å²) in [6, 6.07) is 10.3. The lowest BCUT2D eigenvalue weighted by Gasteiger charge is -2.28. The number of amides is 1. The van der Waals surface area contributed by atoms with Gasteiger partial charge in [-0.2, -0.15) is 23.1 Å². The van der Waals surface area contributed by atoms with E-state index in [1.165, 1.54) is 7.11 Å². The summed E-state index contributed by atoms with van der Waals surface area (Å²) in [6.07, 6.45) is -2.42. The van der Waals surface area contributed by atoms with Crippen molar-refractivity contribution in [2.24, 2.45) is 5.41 Å². The predicted molar refractivity (Wildman–Crippen MR) is 151 cm³/mol. The van der Waals surface area contributed by atoms with Crippen LogP contribution in [0.15, 0.2) is 42.6 Å². The number of carbonyl (C=O) groups is 1. The van der Waals surface area contributed by atoms with Crippen LogP contribution in [0.4, 0.5) is 47.8 Å². The van der Waals surface area contributed by atoms with E-state index < -0.39 is 17.6 Å². The molecule has 3 rings (SSSR count). The molecule has 0 atom stereocenters. The van der Waals surface area contributed by atoms with Crippen LogP contribution in [0.5, 0.6) is 5.88 Å². The summed E-state index contributed by atoms with van der Waals surface area (Å²) in [5, 5.41) is 11.3. The van der Waals surface area contributed by atoms with Gasteiger partial charge in [-0.25, -0.2) is 4.98 Å². The van der Waals surface area contributed by atoms with Gasteiger partial charge in [-0.1, -0.05) is 26.8 Å². The minimum absolute atomic E-state index is 0.0760. The second kappa shape index (κ2) is 13.2. The van der Waals surface area contributed by atoms with Crippen molar-refractivity contribution < 1.29 is 22.7 Å². The molecule has 4 N–H and O–H groups in total. The molecule has 2 aromatic heterocycles. The highest BCUT2D eigenvalue weighted by Gasteiger charge is 2.35. The van der Waals surface area contributed by atoms with Crippen LogP contribution in [-0.4, -0.2) is 55.2 Å². The van der Waals surface area contributed by atoms with Gasteiger partial charge in [0, 0.05) is 44.3 Å². The first-order valence-electron chi connectivity index (χ1n) is 12.7. The zero-order valence-electron chi connectivity index (χ0n) is 23.2. The molecule has 1 amide bonds. The van der Waals surface area contributed by atoms with Crippen molar-refractivity contribution in [2.45, 2.75) is 33.4 Å². The number of ether oxygens (including phenoxy) is 1. The van der Waals surface area contributed by atoms with Crippen molar-refractivity contribution in [2.75, 3.05) is 54.6 Å². The van der Waals surface area contributed by atoms with Crippen molar-refractivity contribution in [3.05, 3.63) is 48.2 Å². The van der Waals surface area contributed by atoms with Gasteiger partial charge in [0.2, 0.25) is 18.2 Å². The SMILES string of the molecule is CNc1cccc(Nc2nc(Nc3ccc(N(CCNC=O)CCC(C)(C)C)nc3OC)ncc2C(F)(F)F)c1. The number of hydrogen-bond donors (Lipinski definition) is 4. The fourth-order valence-corrected chi connectivity index (χ4v) is 3.68. The molecule has 10 nitrogen and oxygen atoms in total. The lowest BCUT2D eigenvalue weighted by Crippen LogP contribution is -2.34. The van der Waals surface area contributed by atoms with E-state index in [0.717, 1.165) is 18.3 Å². The Hall–Kier alpha value is -4.29. The molecule has 3 aromatic rings. The van der Waals surface area contributed by atoms with E-state index in [0.29, 0.717) is 43.2 Å². The Morgan fingerprint density at radius 3 is 2.42 bits per heavy atom. The van der Waals surface area contributed by atoms with E-state index >= 15 is 0 Å². The molecular weight excluding hydrogens is 525 g/mol. The summed E-state index contributed by atoms with van der Waals surface area (Å²) >= 11 is 0. The number of nitrogens with one attached hydrogen (secondary N) is 4. The first-order chi connectivity index (χ1) is 18.9. The van der Waals surface area contributed by atoms with Gasteiger partial charge in [0.15, 0.2) is 0 Å². The molecule has 1 aromatic carbocycles. The van der Waals surface area contributed by atoms with Crippen LogP contribution in [0.3, 0.4) is 0 Å². The first-order valence-corrected chi connectivity index (χ1v) is 12.7. The zero-order valence-corrected chi connectivity index (χ0v) is 23.2. The van der Waals surface area contributed by atoms with Gasteiger partial charge in [0.05, 0.1) is 7.11 Å². The molecular formula is C27H35F3N8O2. The lowest BCUT2D eigenvalue weighted by molar-refractivity contribution is -0.137. The average Bonchev–Trinajstić information content (AvgIpc) is 2.90. The Balaban J connectivity index is 1.90. The van der Waals surface area contributed by atoms with Crippen LogP contribution in [0.25, 0.3) is 0 Å². The highest BCUT2D eigenvalue weighted by molar-refractivity contribution is 5.67. The summed E-state index contributed by atoms with van der Waals surface area (Å²) in [4.78, 5) is 25.4. The number of benzene rings is 1. The molecule has 2 heterocycles. The Morgan fingerprint density at radius 1 is 1.02 bits per heavy atom. The van der Waals surface area contributed by atoms with E-state index in [2.05, 4.69) is 57.0 Å². The van der Waals surface area contributed by atoms with E-state index in [9.17, 15) is 18.0 Å². The van der Waals surface area contributed by atoms with Crippen molar-refractivity contribution in [3.8, 4) is 5.88 Å². The van der Waals surface area contributed by atoms with E-state index in [-0.39, 0.29) is 17.2 Å². The molecule has 13 heteroatoms. The van der Waals surface area contributed by atoms with E-state index in [4.69, 9.17) is 4.74 Å². The maximum absolute atomic E-state index is 13.7. The lowest BCUT2D eigenvalue weighted by atomic mass is 9.92.